The summed E-state index contributed by atoms with van der Waals surface area (Å²) < 4.78 is 5.22. The van der Waals surface area contributed by atoms with Crippen molar-refractivity contribution in [3.05, 3.63) is 35.4 Å². The van der Waals surface area contributed by atoms with E-state index in [1.165, 1.54) is 43.4 Å². The second kappa shape index (κ2) is 9.77. The lowest BCUT2D eigenvalue weighted by atomic mass is 9.95. The summed E-state index contributed by atoms with van der Waals surface area (Å²) in [7, 11) is 1.71. The molecule has 1 fully saturated rings. The molecule has 144 valence electrons. The molecule has 0 radical (unpaired) electrons. The SMILES string of the molecule is COCCN(C[C@H]1CCCN(C2Cc3ccccc3C2)C1)C(=O)CSC. The lowest BCUT2D eigenvalue weighted by molar-refractivity contribution is -0.130. The van der Waals surface area contributed by atoms with Crippen LogP contribution in [0, 0.1) is 5.92 Å². The molecule has 0 N–H and O–H groups in total. The minimum Gasteiger partial charge on any atom is -0.383 e. The predicted octanol–water partition coefficient (Wildman–Crippen LogP) is 2.70. The number of thioether (sulfide) groups is 1. The van der Waals surface area contributed by atoms with E-state index in [1.807, 2.05) is 11.2 Å². The van der Waals surface area contributed by atoms with Crippen LogP contribution in [-0.4, -0.2) is 73.7 Å². The van der Waals surface area contributed by atoms with Crippen LogP contribution < -0.4 is 0 Å². The maximum absolute atomic E-state index is 12.4. The van der Waals surface area contributed by atoms with Gasteiger partial charge in [0.15, 0.2) is 0 Å². The number of piperidine rings is 1. The van der Waals surface area contributed by atoms with Crippen molar-refractivity contribution < 1.29 is 9.53 Å². The van der Waals surface area contributed by atoms with Crippen LogP contribution in [0.5, 0.6) is 0 Å². The van der Waals surface area contributed by atoms with Crippen LogP contribution in [0.3, 0.4) is 0 Å². The summed E-state index contributed by atoms with van der Waals surface area (Å²) in [5.41, 5.74) is 3.05. The van der Waals surface area contributed by atoms with Gasteiger partial charge in [0.05, 0.1) is 12.4 Å². The summed E-state index contributed by atoms with van der Waals surface area (Å²) >= 11 is 1.61. The summed E-state index contributed by atoms with van der Waals surface area (Å²) in [5.74, 6) is 1.40. The maximum Gasteiger partial charge on any atom is 0.232 e. The van der Waals surface area contributed by atoms with Gasteiger partial charge in [0.25, 0.3) is 0 Å². The van der Waals surface area contributed by atoms with Crippen LogP contribution in [-0.2, 0) is 22.4 Å². The number of carbonyl (C=O) groups is 1. The Morgan fingerprint density at radius 1 is 1.31 bits per heavy atom. The van der Waals surface area contributed by atoms with Crippen molar-refractivity contribution >= 4 is 17.7 Å². The molecule has 1 aliphatic carbocycles. The quantitative estimate of drug-likeness (QED) is 0.698. The molecular weight excluding hydrogens is 344 g/mol. The summed E-state index contributed by atoms with van der Waals surface area (Å²) in [6.45, 7) is 4.52. The molecule has 3 rings (SSSR count). The van der Waals surface area contributed by atoms with E-state index in [4.69, 9.17) is 4.74 Å². The zero-order chi connectivity index (χ0) is 18.4. The molecule has 1 aromatic rings. The predicted molar refractivity (Wildman–Crippen MR) is 109 cm³/mol. The first-order chi connectivity index (χ1) is 12.7. The van der Waals surface area contributed by atoms with Crippen LogP contribution in [0.1, 0.15) is 24.0 Å². The number of nitrogens with zero attached hydrogens (tertiary/aromatic N) is 2. The van der Waals surface area contributed by atoms with Gasteiger partial charge in [-0.3, -0.25) is 9.69 Å². The number of rotatable bonds is 8. The van der Waals surface area contributed by atoms with Crippen molar-refractivity contribution in [2.75, 3.05) is 51.9 Å². The Kier molecular flexibility index (Phi) is 7.41. The molecule has 1 saturated heterocycles. The van der Waals surface area contributed by atoms with Crippen LogP contribution in [0.2, 0.25) is 0 Å². The highest BCUT2D eigenvalue weighted by Crippen LogP contribution is 2.29. The van der Waals surface area contributed by atoms with Crippen LogP contribution in [0.25, 0.3) is 0 Å². The number of methoxy groups -OCH3 is 1. The highest BCUT2D eigenvalue weighted by Gasteiger charge is 2.31. The van der Waals surface area contributed by atoms with Gasteiger partial charge in [-0.2, -0.15) is 11.8 Å². The fraction of sp³-hybridized carbons (Fsp3) is 0.667. The Bertz CT molecular complexity index is 570. The van der Waals surface area contributed by atoms with Crippen molar-refractivity contribution in [1.82, 2.24) is 9.80 Å². The highest BCUT2D eigenvalue weighted by atomic mass is 32.2. The molecule has 0 aromatic heterocycles. The van der Waals surface area contributed by atoms with Crippen molar-refractivity contribution in [2.45, 2.75) is 31.7 Å². The summed E-state index contributed by atoms with van der Waals surface area (Å²) in [5, 5.41) is 0. The first-order valence-electron chi connectivity index (χ1n) is 9.77. The molecule has 0 saturated carbocycles. The highest BCUT2D eigenvalue weighted by molar-refractivity contribution is 7.99. The van der Waals surface area contributed by atoms with Gasteiger partial charge in [0.2, 0.25) is 5.91 Å². The third-order valence-electron chi connectivity index (χ3n) is 5.76. The molecule has 0 spiro atoms. The number of hydrogen-bond acceptors (Lipinski definition) is 4. The average molecular weight is 377 g/mol. The van der Waals surface area contributed by atoms with Gasteiger partial charge in [0, 0.05) is 32.8 Å². The number of ether oxygens (including phenoxy) is 1. The number of fused-ring (bicyclic) bond motifs is 1. The van der Waals surface area contributed by atoms with Crippen molar-refractivity contribution in [1.29, 1.82) is 0 Å². The summed E-state index contributed by atoms with van der Waals surface area (Å²) in [6.07, 6.45) is 6.83. The molecule has 5 heteroatoms. The van der Waals surface area contributed by atoms with Gasteiger partial charge in [-0.15, -0.1) is 0 Å². The molecular formula is C21H32N2O2S. The molecule has 1 heterocycles. The number of carbonyl (C=O) groups excluding carboxylic acids is 1. The molecule has 1 amide bonds. The Morgan fingerprint density at radius 2 is 2.04 bits per heavy atom. The van der Waals surface area contributed by atoms with Crippen molar-refractivity contribution in [3.63, 3.8) is 0 Å². The van der Waals surface area contributed by atoms with Gasteiger partial charge in [-0.25, -0.2) is 0 Å². The first-order valence-corrected chi connectivity index (χ1v) is 11.2. The maximum atomic E-state index is 12.4. The van der Waals surface area contributed by atoms with Gasteiger partial charge < -0.3 is 9.64 Å². The normalized spacial score (nSPS) is 20.9. The Hall–Kier alpha value is -1.04. The van der Waals surface area contributed by atoms with E-state index < -0.39 is 0 Å². The molecule has 0 unspecified atom stereocenters. The Labute approximate surface area is 162 Å². The van der Waals surface area contributed by atoms with E-state index in [1.54, 1.807) is 18.9 Å². The van der Waals surface area contributed by atoms with Gasteiger partial charge in [0.1, 0.15) is 0 Å². The van der Waals surface area contributed by atoms with Crippen molar-refractivity contribution in [3.8, 4) is 0 Å². The fourth-order valence-electron chi connectivity index (χ4n) is 4.42. The number of likely N-dealkylation sites (tertiary alicyclic amines) is 1. The third kappa shape index (κ3) is 5.02. The number of amides is 1. The van der Waals surface area contributed by atoms with Crippen molar-refractivity contribution in [2.24, 2.45) is 5.92 Å². The van der Waals surface area contributed by atoms with Crippen LogP contribution in [0.4, 0.5) is 0 Å². The summed E-state index contributed by atoms with van der Waals surface area (Å²) in [6, 6.07) is 9.52. The molecule has 26 heavy (non-hydrogen) atoms. The zero-order valence-corrected chi connectivity index (χ0v) is 17.0. The Morgan fingerprint density at radius 3 is 2.69 bits per heavy atom. The molecule has 1 atom stereocenters. The van der Waals surface area contributed by atoms with E-state index in [0.29, 0.717) is 30.9 Å². The molecule has 1 aliphatic heterocycles. The van der Waals surface area contributed by atoms with Gasteiger partial charge in [-0.05, 0) is 55.5 Å². The topological polar surface area (TPSA) is 32.8 Å². The van der Waals surface area contributed by atoms with E-state index in [0.717, 1.165) is 13.1 Å². The first kappa shape index (κ1) is 19.7. The lowest BCUT2D eigenvalue weighted by Gasteiger charge is -2.38. The zero-order valence-electron chi connectivity index (χ0n) is 16.2. The van der Waals surface area contributed by atoms with E-state index in [-0.39, 0.29) is 5.91 Å². The van der Waals surface area contributed by atoms with Gasteiger partial charge >= 0.3 is 0 Å². The Balaban J connectivity index is 1.56. The second-order valence-corrected chi connectivity index (χ2v) is 8.47. The van der Waals surface area contributed by atoms with E-state index >= 15 is 0 Å². The smallest absolute Gasteiger partial charge is 0.232 e. The third-order valence-corrected chi connectivity index (χ3v) is 6.30. The van der Waals surface area contributed by atoms with Gasteiger partial charge in [-0.1, -0.05) is 24.3 Å². The lowest BCUT2D eigenvalue weighted by Crippen LogP contribution is -2.47. The minimum atomic E-state index is 0.250. The minimum absolute atomic E-state index is 0.250. The number of benzene rings is 1. The largest absolute Gasteiger partial charge is 0.383 e. The van der Waals surface area contributed by atoms with Crippen LogP contribution >= 0.6 is 11.8 Å². The van der Waals surface area contributed by atoms with E-state index in [2.05, 4.69) is 29.2 Å². The molecule has 1 aromatic carbocycles. The molecule has 0 bridgehead atoms. The summed E-state index contributed by atoms with van der Waals surface area (Å²) in [4.78, 5) is 17.2. The average Bonchev–Trinajstić information content (AvgIpc) is 3.10. The van der Waals surface area contributed by atoms with Crippen LogP contribution in [0.15, 0.2) is 24.3 Å². The molecule has 4 nitrogen and oxygen atoms in total. The monoisotopic (exact) mass is 376 g/mol. The standard InChI is InChI=1S/C21H32N2O2S/c1-25-11-10-23(21(24)16-26-2)15-17-6-5-9-22(14-17)20-12-18-7-3-4-8-19(18)13-20/h3-4,7-8,17,20H,5-6,9-16H2,1-2H3/t17-/m0/s1. The second-order valence-electron chi connectivity index (χ2n) is 7.60. The fourth-order valence-corrected chi connectivity index (χ4v) is 4.85. The molecule has 2 aliphatic rings. The van der Waals surface area contributed by atoms with E-state index in [9.17, 15) is 4.79 Å². The number of hydrogen-bond donors (Lipinski definition) is 0.